The third kappa shape index (κ3) is 5.04. The monoisotopic (exact) mass is 338 g/mol. The van der Waals surface area contributed by atoms with Crippen molar-refractivity contribution in [3.05, 3.63) is 48.0 Å². The lowest BCUT2D eigenvalue weighted by Crippen LogP contribution is -2.44. The summed E-state index contributed by atoms with van der Waals surface area (Å²) in [5, 5.41) is 3.30. The van der Waals surface area contributed by atoms with Crippen molar-refractivity contribution in [2.24, 2.45) is 0 Å². The number of hydrogen-bond donors (Lipinski definition) is 1. The number of ether oxygens (including phenoxy) is 1. The maximum Gasteiger partial charge on any atom is 0.225 e. The lowest BCUT2D eigenvalue weighted by Gasteiger charge is -2.27. The van der Waals surface area contributed by atoms with Gasteiger partial charge in [0, 0.05) is 32.6 Å². The zero-order valence-corrected chi connectivity index (χ0v) is 13.6. The van der Waals surface area contributed by atoms with Crippen LogP contribution in [0.2, 0.25) is 0 Å². The number of nitrogens with zero attached hydrogens (tertiary/aromatic N) is 3. The van der Waals surface area contributed by atoms with E-state index in [4.69, 9.17) is 4.74 Å². The molecule has 2 heterocycles. The van der Waals surface area contributed by atoms with E-state index in [0.29, 0.717) is 12.4 Å². The molecule has 1 aromatic carbocycles. The molecule has 0 spiro atoms. The molecule has 1 aliphatic rings. The van der Waals surface area contributed by atoms with Crippen molar-refractivity contribution in [2.45, 2.75) is 6.42 Å². The van der Waals surface area contributed by atoms with Gasteiger partial charge in [-0.05, 0) is 17.7 Å². The van der Waals surface area contributed by atoms with Gasteiger partial charge in [-0.1, -0.05) is 12.1 Å². The van der Waals surface area contributed by atoms with Crippen LogP contribution in [0.25, 0.3) is 0 Å². The smallest absolute Gasteiger partial charge is 0.225 e. The second kappa shape index (κ2) is 8.64. The van der Waals surface area contributed by atoms with E-state index in [1.165, 1.54) is 12.1 Å². The predicted molar refractivity (Wildman–Crippen MR) is 90.0 cm³/mol. The number of halogens is 2. The lowest BCUT2D eigenvalue weighted by molar-refractivity contribution is 0.319. The molecule has 3 rings (SSSR count). The summed E-state index contributed by atoms with van der Waals surface area (Å²) in [4.78, 5) is 10.9. The summed E-state index contributed by atoms with van der Waals surface area (Å²) in [5.74, 6) is 1.18. The van der Waals surface area contributed by atoms with E-state index < -0.39 is 0 Å². The first-order valence-electron chi connectivity index (χ1n) is 7.46. The van der Waals surface area contributed by atoms with E-state index in [9.17, 15) is 4.39 Å². The number of rotatable bonds is 5. The van der Waals surface area contributed by atoms with Crippen LogP contribution in [0.1, 0.15) is 5.56 Å². The number of benzene rings is 1. The van der Waals surface area contributed by atoms with Crippen LogP contribution in [0.15, 0.2) is 36.7 Å². The molecular weight excluding hydrogens is 319 g/mol. The number of piperazine rings is 1. The van der Waals surface area contributed by atoms with Crippen molar-refractivity contribution >= 4 is 18.4 Å². The number of anilines is 1. The first-order valence-corrected chi connectivity index (χ1v) is 7.46. The molecule has 1 aromatic heterocycles. The molecule has 0 atom stereocenters. The molecule has 0 amide bonds. The minimum Gasteiger partial charge on any atom is -0.490 e. The van der Waals surface area contributed by atoms with Crippen LogP contribution in [-0.4, -0.2) is 42.8 Å². The standard InChI is InChI=1S/C16H19FN4O.ClH/c17-14-3-1-13(2-4-14)5-10-22-15-11-19-16(20-12-15)21-8-6-18-7-9-21;/h1-4,11-12,18H,5-10H2;1H. The van der Waals surface area contributed by atoms with Crippen molar-refractivity contribution < 1.29 is 9.13 Å². The number of hydrogen-bond acceptors (Lipinski definition) is 5. The normalized spacial score (nSPS) is 14.2. The quantitative estimate of drug-likeness (QED) is 0.904. The van der Waals surface area contributed by atoms with Crippen molar-refractivity contribution in [2.75, 3.05) is 37.7 Å². The molecule has 7 heteroatoms. The molecule has 2 aromatic rings. The molecule has 0 aliphatic carbocycles. The van der Waals surface area contributed by atoms with Crippen LogP contribution >= 0.6 is 12.4 Å². The van der Waals surface area contributed by atoms with Crippen LogP contribution in [0.5, 0.6) is 5.75 Å². The summed E-state index contributed by atoms with van der Waals surface area (Å²) in [5.41, 5.74) is 1.04. The second-order valence-electron chi connectivity index (χ2n) is 5.18. The molecule has 0 unspecified atom stereocenters. The molecule has 23 heavy (non-hydrogen) atoms. The third-order valence-electron chi connectivity index (χ3n) is 3.59. The summed E-state index contributed by atoms with van der Waals surface area (Å²) in [7, 11) is 0. The Kier molecular flexibility index (Phi) is 6.55. The van der Waals surface area contributed by atoms with E-state index in [1.807, 2.05) is 0 Å². The van der Waals surface area contributed by atoms with E-state index in [2.05, 4.69) is 20.2 Å². The molecule has 0 radical (unpaired) electrons. The summed E-state index contributed by atoms with van der Waals surface area (Å²) in [6, 6.07) is 6.45. The second-order valence-corrected chi connectivity index (χ2v) is 5.18. The number of aromatic nitrogens is 2. The van der Waals surface area contributed by atoms with Gasteiger partial charge >= 0.3 is 0 Å². The number of nitrogens with one attached hydrogen (secondary N) is 1. The maximum absolute atomic E-state index is 12.8. The van der Waals surface area contributed by atoms with E-state index in [-0.39, 0.29) is 18.2 Å². The fraction of sp³-hybridized carbons (Fsp3) is 0.375. The zero-order chi connectivity index (χ0) is 15.2. The molecule has 0 bridgehead atoms. The molecular formula is C16H20ClFN4O. The van der Waals surface area contributed by atoms with Gasteiger partial charge in [-0.2, -0.15) is 0 Å². The fourth-order valence-electron chi connectivity index (χ4n) is 2.35. The van der Waals surface area contributed by atoms with Crippen molar-refractivity contribution in [3.8, 4) is 5.75 Å². The predicted octanol–water partition coefficient (Wildman–Crippen LogP) is 2.07. The van der Waals surface area contributed by atoms with Gasteiger partial charge in [0.05, 0.1) is 19.0 Å². The van der Waals surface area contributed by atoms with Crippen molar-refractivity contribution in [1.29, 1.82) is 0 Å². The van der Waals surface area contributed by atoms with Crippen LogP contribution in [0.3, 0.4) is 0 Å². The van der Waals surface area contributed by atoms with Crippen LogP contribution in [0.4, 0.5) is 10.3 Å². The molecule has 1 N–H and O–H groups in total. The maximum atomic E-state index is 12.8. The molecule has 0 saturated carbocycles. The SMILES string of the molecule is Cl.Fc1ccc(CCOc2cnc(N3CCNCC3)nc2)cc1. The van der Waals surface area contributed by atoms with Crippen LogP contribution < -0.4 is 15.0 Å². The van der Waals surface area contributed by atoms with Crippen molar-refractivity contribution in [3.63, 3.8) is 0 Å². The zero-order valence-electron chi connectivity index (χ0n) is 12.7. The molecule has 1 fully saturated rings. The Balaban J connectivity index is 0.00000192. The minimum atomic E-state index is -0.221. The average Bonchev–Trinajstić information content (AvgIpc) is 2.58. The molecule has 1 aliphatic heterocycles. The van der Waals surface area contributed by atoms with Gasteiger partial charge in [-0.15, -0.1) is 12.4 Å². The molecule has 124 valence electrons. The molecule has 1 saturated heterocycles. The Bertz CT molecular complexity index is 588. The fourth-order valence-corrected chi connectivity index (χ4v) is 2.35. The Morgan fingerprint density at radius 1 is 1.09 bits per heavy atom. The highest BCUT2D eigenvalue weighted by Crippen LogP contribution is 2.13. The van der Waals surface area contributed by atoms with E-state index in [1.54, 1.807) is 24.5 Å². The minimum absolute atomic E-state index is 0. The summed E-state index contributed by atoms with van der Waals surface area (Å²) in [6.07, 6.45) is 4.13. The first kappa shape index (κ1) is 17.4. The van der Waals surface area contributed by atoms with Crippen LogP contribution in [-0.2, 0) is 6.42 Å². The molecule has 5 nitrogen and oxygen atoms in total. The van der Waals surface area contributed by atoms with Crippen LogP contribution in [0, 0.1) is 5.82 Å². The Morgan fingerprint density at radius 3 is 2.39 bits per heavy atom. The average molecular weight is 339 g/mol. The highest BCUT2D eigenvalue weighted by molar-refractivity contribution is 5.85. The first-order chi connectivity index (χ1) is 10.8. The Morgan fingerprint density at radius 2 is 1.74 bits per heavy atom. The largest absolute Gasteiger partial charge is 0.490 e. The Hall–Kier alpha value is -1.92. The van der Waals surface area contributed by atoms with Gasteiger partial charge in [0.1, 0.15) is 5.82 Å². The van der Waals surface area contributed by atoms with E-state index in [0.717, 1.165) is 44.1 Å². The third-order valence-corrected chi connectivity index (χ3v) is 3.59. The summed E-state index contributed by atoms with van der Waals surface area (Å²) in [6.45, 7) is 4.27. The summed E-state index contributed by atoms with van der Waals surface area (Å²) < 4.78 is 18.4. The topological polar surface area (TPSA) is 50.3 Å². The highest BCUT2D eigenvalue weighted by Gasteiger charge is 2.12. The Labute approximate surface area is 141 Å². The lowest BCUT2D eigenvalue weighted by atomic mass is 10.2. The highest BCUT2D eigenvalue weighted by atomic mass is 35.5. The van der Waals surface area contributed by atoms with Gasteiger partial charge < -0.3 is 15.0 Å². The van der Waals surface area contributed by atoms with Gasteiger partial charge in [-0.25, -0.2) is 14.4 Å². The van der Waals surface area contributed by atoms with E-state index >= 15 is 0 Å². The van der Waals surface area contributed by atoms with Gasteiger partial charge in [0.25, 0.3) is 0 Å². The van der Waals surface area contributed by atoms with Gasteiger partial charge in [0.15, 0.2) is 5.75 Å². The van der Waals surface area contributed by atoms with Gasteiger partial charge in [0.2, 0.25) is 5.95 Å². The van der Waals surface area contributed by atoms with Gasteiger partial charge in [-0.3, -0.25) is 0 Å². The van der Waals surface area contributed by atoms with Crippen molar-refractivity contribution in [1.82, 2.24) is 15.3 Å². The summed E-state index contributed by atoms with van der Waals surface area (Å²) >= 11 is 0.